The summed E-state index contributed by atoms with van der Waals surface area (Å²) in [6, 6.07) is 0. The molecule has 1 aliphatic rings. The number of hydrogen-bond donors (Lipinski definition) is 2. The average Bonchev–Trinajstić information content (AvgIpc) is 2.28. The van der Waals surface area contributed by atoms with E-state index in [9.17, 15) is 0 Å². The lowest BCUT2D eigenvalue weighted by Gasteiger charge is -2.32. The third kappa shape index (κ3) is 4.10. The SMILES string of the molecule is CCCCC(C)(CC)NC1=NCCCN1. The lowest BCUT2D eigenvalue weighted by molar-refractivity contribution is 0.355. The van der Waals surface area contributed by atoms with E-state index in [1.807, 2.05) is 0 Å². The molecule has 3 heteroatoms. The predicted octanol–water partition coefficient (Wildman–Crippen LogP) is 2.28. The van der Waals surface area contributed by atoms with E-state index in [-0.39, 0.29) is 5.54 Å². The Labute approximate surface area is 93.7 Å². The molecule has 0 saturated carbocycles. The van der Waals surface area contributed by atoms with Crippen molar-refractivity contribution in [2.75, 3.05) is 13.1 Å². The molecule has 1 heterocycles. The minimum absolute atomic E-state index is 0.208. The Morgan fingerprint density at radius 1 is 1.47 bits per heavy atom. The molecule has 15 heavy (non-hydrogen) atoms. The fourth-order valence-corrected chi connectivity index (χ4v) is 1.80. The van der Waals surface area contributed by atoms with Gasteiger partial charge in [-0.05, 0) is 26.2 Å². The van der Waals surface area contributed by atoms with Gasteiger partial charge >= 0.3 is 0 Å². The van der Waals surface area contributed by atoms with Gasteiger partial charge in [-0.1, -0.05) is 26.7 Å². The van der Waals surface area contributed by atoms with E-state index in [1.165, 1.54) is 19.3 Å². The molecule has 0 radical (unpaired) electrons. The number of aliphatic imine (C=N–C) groups is 1. The highest BCUT2D eigenvalue weighted by molar-refractivity contribution is 5.81. The molecule has 0 fully saturated rings. The lowest BCUT2D eigenvalue weighted by atomic mass is 9.92. The van der Waals surface area contributed by atoms with Crippen LogP contribution in [0.3, 0.4) is 0 Å². The smallest absolute Gasteiger partial charge is 0.191 e. The molecular weight excluding hydrogens is 186 g/mol. The number of nitrogens with zero attached hydrogens (tertiary/aromatic N) is 1. The number of hydrogen-bond acceptors (Lipinski definition) is 3. The Hall–Kier alpha value is -0.730. The fraction of sp³-hybridized carbons (Fsp3) is 0.917. The summed E-state index contributed by atoms with van der Waals surface area (Å²) < 4.78 is 0. The number of guanidine groups is 1. The summed E-state index contributed by atoms with van der Waals surface area (Å²) in [5.74, 6) is 1.00. The van der Waals surface area contributed by atoms with Gasteiger partial charge in [0.05, 0.1) is 0 Å². The van der Waals surface area contributed by atoms with E-state index < -0.39 is 0 Å². The maximum absolute atomic E-state index is 4.46. The minimum atomic E-state index is 0.208. The van der Waals surface area contributed by atoms with Gasteiger partial charge in [-0.2, -0.15) is 0 Å². The normalized spacial score (nSPS) is 20.1. The first kappa shape index (κ1) is 12.3. The second-order valence-corrected chi connectivity index (χ2v) is 4.65. The third-order valence-electron chi connectivity index (χ3n) is 3.18. The molecular formula is C12H25N3. The van der Waals surface area contributed by atoms with E-state index >= 15 is 0 Å². The topological polar surface area (TPSA) is 36.4 Å². The zero-order chi connectivity index (χ0) is 11.1. The van der Waals surface area contributed by atoms with Crippen LogP contribution < -0.4 is 10.6 Å². The Morgan fingerprint density at radius 2 is 2.27 bits per heavy atom. The van der Waals surface area contributed by atoms with Crippen molar-refractivity contribution in [3.05, 3.63) is 0 Å². The summed E-state index contributed by atoms with van der Waals surface area (Å²) in [4.78, 5) is 4.46. The zero-order valence-corrected chi connectivity index (χ0v) is 10.4. The molecule has 1 atom stereocenters. The molecule has 0 saturated heterocycles. The van der Waals surface area contributed by atoms with Crippen LogP contribution in [-0.2, 0) is 0 Å². The van der Waals surface area contributed by atoms with Crippen LogP contribution in [-0.4, -0.2) is 24.6 Å². The Bertz CT molecular complexity index is 213. The quantitative estimate of drug-likeness (QED) is 0.732. The van der Waals surface area contributed by atoms with Crippen molar-refractivity contribution < 1.29 is 0 Å². The predicted molar refractivity (Wildman–Crippen MR) is 66.3 cm³/mol. The van der Waals surface area contributed by atoms with Crippen molar-refractivity contribution in [3.63, 3.8) is 0 Å². The molecule has 1 aliphatic heterocycles. The van der Waals surface area contributed by atoms with Gasteiger partial charge in [-0.25, -0.2) is 0 Å². The maximum Gasteiger partial charge on any atom is 0.191 e. The summed E-state index contributed by atoms with van der Waals surface area (Å²) in [6.07, 6.45) is 6.07. The van der Waals surface area contributed by atoms with Crippen LogP contribution in [0.2, 0.25) is 0 Å². The molecule has 2 N–H and O–H groups in total. The highest BCUT2D eigenvalue weighted by Gasteiger charge is 2.22. The average molecular weight is 211 g/mol. The van der Waals surface area contributed by atoms with Crippen molar-refractivity contribution in [1.82, 2.24) is 10.6 Å². The summed E-state index contributed by atoms with van der Waals surface area (Å²) in [7, 11) is 0. The van der Waals surface area contributed by atoms with Gasteiger partial charge in [0.2, 0.25) is 0 Å². The van der Waals surface area contributed by atoms with Gasteiger partial charge < -0.3 is 10.6 Å². The van der Waals surface area contributed by atoms with Crippen LogP contribution in [0.5, 0.6) is 0 Å². The lowest BCUT2D eigenvalue weighted by Crippen LogP contribution is -2.52. The van der Waals surface area contributed by atoms with E-state index in [0.29, 0.717) is 0 Å². The molecule has 0 aromatic rings. The molecule has 0 amide bonds. The van der Waals surface area contributed by atoms with Gasteiger partial charge in [0.25, 0.3) is 0 Å². The van der Waals surface area contributed by atoms with Crippen molar-refractivity contribution in [2.45, 2.75) is 58.4 Å². The molecule has 0 aliphatic carbocycles. The first-order valence-corrected chi connectivity index (χ1v) is 6.26. The van der Waals surface area contributed by atoms with Gasteiger partial charge in [-0.3, -0.25) is 4.99 Å². The zero-order valence-electron chi connectivity index (χ0n) is 10.4. The van der Waals surface area contributed by atoms with Crippen LogP contribution in [0.15, 0.2) is 4.99 Å². The van der Waals surface area contributed by atoms with Gasteiger partial charge in [0, 0.05) is 18.6 Å². The van der Waals surface area contributed by atoms with Crippen molar-refractivity contribution in [1.29, 1.82) is 0 Å². The monoisotopic (exact) mass is 211 g/mol. The van der Waals surface area contributed by atoms with Crippen LogP contribution >= 0.6 is 0 Å². The molecule has 1 unspecified atom stereocenters. The molecule has 0 aromatic carbocycles. The van der Waals surface area contributed by atoms with Crippen molar-refractivity contribution in [3.8, 4) is 0 Å². The molecule has 0 aromatic heterocycles. The molecule has 1 rings (SSSR count). The second kappa shape index (κ2) is 5.99. The molecule has 0 spiro atoms. The Balaban J connectivity index is 2.46. The summed E-state index contributed by atoms with van der Waals surface area (Å²) in [6.45, 7) is 8.79. The van der Waals surface area contributed by atoms with Gasteiger partial charge in [0.1, 0.15) is 0 Å². The van der Waals surface area contributed by atoms with Crippen LogP contribution in [0.1, 0.15) is 52.9 Å². The molecule has 3 nitrogen and oxygen atoms in total. The van der Waals surface area contributed by atoms with E-state index in [0.717, 1.165) is 31.9 Å². The number of unbranched alkanes of at least 4 members (excludes halogenated alkanes) is 1. The largest absolute Gasteiger partial charge is 0.356 e. The minimum Gasteiger partial charge on any atom is -0.356 e. The Morgan fingerprint density at radius 3 is 2.80 bits per heavy atom. The first-order valence-electron chi connectivity index (χ1n) is 6.26. The summed E-state index contributed by atoms with van der Waals surface area (Å²) in [5.41, 5.74) is 0.208. The van der Waals surface area contributed by atoms with E-state index in [2.05, 4.69) is 36.4 Å². The number of rotatable bonds is 5. The second-order valence-electron chi connectivity index (χ2n) is 4.65. The molecule has 0 bridgehead atoms. The highest BCUT2D eigenvalue weighted by Crippen LogP contribution is 2.17. The fourth-order valence-electron chi connectivity index (χ4n) is 1.80. The van der Waals surface area contributed by atoms with E-state index in [4.69, 9.17) is 0 Å². The summed E-state index contributed by atoms with van der Waals surface area (Å²) in [5, 5.41) is 6.88. The van der Waals surface area contributed by atoms with E-state index in [1.54, 1.807) is 0 Å². The highest BCUT2D eigenvalue weighted by atomic mass is 15.2. The first-order chi connectivity index (χ1) is 7.20. The van der Waals surface area contributed by atoms with Crippen LogP contribution in [0.25, 0.3) is 0 Å². The van der Waals surface area contributed by atoms with Crippen LogP contribution in [0.4, 0.5) is 0 Å². The molecule has 88 valence electrons. The standard InChI is InChI=1S/C12H25N3/c1-4-6-8-12(3,5-2)15-11-13-9-7-10-14-11/h4-10H2,1-3H3,(H2,13,14,15). The summed E-state index contributed by atoms with van der Waals surface area (Å²) >= 11 is 0. The van der Waals surface area contributed by atoms with Crippen molar-refractivity contribution in [2.24, 2.45) is 4.99 Å². The number of nitrogens with one attached hydrogen (secondary N) is 2. The van der Waals surface area contributed by atoms with Crippen LogP contribution in [0, 0.1) is 0 Å². The van der Waals surface area contributed by atoms with Gasteiger partial charge in [0.15, 0.2) is 5.96 Å². The van der Waals surface area contributed by atoms with Gasteiger partial charge in [-0.15, -0.1) is 0 Å². The maximum atomic E-state index is 4.46. The Kier molecular flexibility index (Phi) is 4.92. The third-order valence-corrected chi connectivity index (χ3v) is 3.18. The van der Waals surface area contributed by atoms with Crippen molar-refractivity contribution >= 4 is 5.96 Å².